The molecule has 5 nitrogen and oxygen atoms in total. The van der Waals surface area contributed by atoms with Crippen molar-refractivity contribution in [3.63, 3.8) is 0 Å². The molecular weight excluding hydrogens is 228 g/mol. The Balaban J connectivity index is 1.83. The number of nitrogens with zero attached hydrogens (tertiary/aromatic N) is 3. The van der Waals surface area contributed by atoms with E-state index in [1.54, 1.807) is 6.33 Å². The molecule has 0 aliphatic carbocycles. The number of aryl methyl sites for hydroxylation is 1. The summed E-state index contributed by atoms with van der Waals surface area (Å²) >= 11 is 0. The van der Waals surface area contributed by atoms with Crippen LogP contribution in [0.25, 0.3) is 0 Å². The molecule has 1 saturated heterocycles. The number of hydrogen-bond acceptors (Lipinski definition) is 5. The summed E-state index contributed by atoms with van der Waals surface area (Å²) in [6.07, 6.45) is 3.97. The molecule has 0 radical (unpaired) electrons. The third kappa shape index (κ3) is 3.92. The molecule has 2 rings (SSSR count). The van der Waals surface area contributed by atoms with Gasteiger partial charge in [0.2, 0.25) is 0 Å². The summed E-state index contributed by atoms with van der Waals surface area (Å²) in [5.41, 5.74) is 1.09. The zero-order valence-electron chi connectivity index (χ0n) is 11.2. The molecule has 0 aromatic carbocycles. The van der Waals surface area contributed by atoms with Gasteiger partial charge in [0, 0.05) is 31.4 Å². The van der Waals surface area contributed by atoms with Crippen LogP contribution in [0.15, 0.2) is 12.4 Å². The zero-order chi connectivity index (χ0) is 12.8. The minimum atomic E-state index is 0.244. The second kappa shape index (κ2) is 6.66. The number of nitrogens with one attached hydrogen (secondary N) is 1. The molecule has 1 aliphatic heterocycles. The first kappa shape index (κ1) is 13.2. The first-order valence-electron chi connectivity index (χ1n) is 6.63. The Morgan fingerprint density at radius 1 is 1.50 bits per heavy atom. The van der Waals surface area contributed by atoms with Crippen molar-refractivity contribution in [2.24, 2.45) is 0 Å². The predicted molar refractivity (Wildman–Crippen MR) is 71.8 cm³/mol. The molecule has 0 spiro atoms. The fraction of sp³-hybridized carbons (Fsp3) is 0.692. The number of ether oxygens (including phenoxy) is 1. The summed E-state index contributed by atoms with van der Waals surface area (Å²) in [7, 11) is 2.12. The van der Waals surface area contributed by atoms with Crippen LogP contribution in [-0.2, 0) is 11.2 Å². The molecule has 1 fully saturated rings. The highest BCUT2D eigenvalue weighted by atomic mass is 16.5. The topological polar surface area (TPSA) is 50.3 Å². The Labute approximate surface area is 109 Å². The number of morpholine rings is 1. The SMILES string of the molecule is CCCc1cc(NCC2CN(C)CCO2)ncn1. The molecule has 1 aromatic heterocycles. The van der Waals surface area contributed by atoms with Crippen LogP contribution in [-0.4, -0.2) is 54.3 Å². The fourth-order valence-electron chi connectivity index (χ4n) is 2.10. The summed E-state index contributed by atoms with van der Waals surface area (Å²) in [5, 5.41) is 3.33. The molecule has 5 heteroatoms. The van der Waals surface area contributed by atoms with Gasteiger partial charge < -0.3 is 15.0 Å². The minimum absolute atomic E-state index is 0.244. The first-order valence-corrected chi connectivity index (χ1v) is 6.63. The van der Waals surface area contributed by atoms with Gasteiger partial charge in [0.15, 0.2) is 0 Å². The lowest BCUT2D eigenvalue weighted by atomic mass is 10.2. The second-order valence-corrected chi connectivity index (χ2v) is 4.78. The van der Waals surface area contributed by atoms with Crippen LogP contribution in [0.5, 0.6) is 0 Å². The maximum Gasteiger partial charge on any atom is 0.129 e. The van der Waals surface area contributed by atoms with Gasteiger partial charge in [-0.2, -0.15) is 0 Å². The molecule has 0 saturated carbocycles. The molecule has 0 bridgehead atoms. The summed E-state index contributed by atoms with van der Waals surface area (Å²) in [6.45, 7) is 5.76. The van der Waals surface area contributed by atoms with E-state index in [0.717, 1.165) is 50.6 Å². The number of aromatic nitrogens is 2. The van der Waals surface area contributed by atoms with Crippen molar-refractivity contribution >= 4 is 5.82 Å². The van der Waals surface area contributed by atoms with Gasteiger partial charge in [-0.1, -0.05) is 13.3 Å². The summed E-state index contributed by atoms with van der Waals surface area (Å²) < 4.78 is 5.70. The minimum Gasteiger partial charge on any atom is -0.374 e. The molecule has 1 aromatic rings. The number of likely N-dealkylation sites (N-methyl/N-ethyl adjacent to an activating group) is 1. The monoisotopic (exact) mass is 250 g/mol. The van der Waals surface area contributed by atoms with Gasteiger partial charge in [-0.25, -0.2) is 9.97 Å². The van der Waals surface area contributed by atoms with E-state index in [0.29, 0.717) is 0 Å². The Bertz CT molecular complexity index is 372. The maximum atomic E-state index is 5.70. The number of hydrogen-bond donors (Lipinski definition) is 1. The van der Waals surface area contributed by atoms with Crippen LogP contribution in [0.4, 0.5) is 5.82 Å². The molecule has 1 unspecified atom stereocenters. The summed E-state index contributed by atoms with van der Waals surface area (Å²) in [5.74, 6) is 0.894. The Morgan fingerprint density at radius 3 is 3.17 bits per heavy atom. The van der Waals surface area contributed by atoms with Crippen LogP contribution >= 0.6 is 0 Å². The van der Waals surface area contributed by atoms with Crippen molar-refractivity contribution < 1.29 is 4.74 Å². The normalized spacial score (nSPS) is 20.9. The second-order valence-electron chi connectivity index (χ2n) is 4.78. The largest absolute Gasteiger partial charge is 0.374 e. The molecule has 2 heterocycles. The van der Waals surface area contributed by atoms with Gasteiger partial charge in [0.25, 0.3) is 0 Å². The van der Waals surface area contributed by atoms with E-state index in [-0.39, 0.29) is 6.10 Å². The number of rotatable bonds is 5. The number of anilines is 1. The van der Waals surface area contributed by atoms with Crippen LogP contribution < -0.4 is 5.32 Å². The summed E-state index contributed by atoms with van der Waals surface area (Å²) in [6, 6.07) is 2.02. The van der Waals surface area contributed by atoms with Crippen LogP contribution in [0, 0.1) is 0 Å². The highest BCUT2D eigenvalue weighted by Crippen LogP contribution is 2.08. The Kier molecular flexibility index (Phi) is 4.90. The van der Waals surface area contributed by atoms with Gasteiger partial charge in [0.05, 0.1) is 12.7 Å². The highest BCUT2D eigenvalue weighted by molar-refractivity contribution is 5.34. The zero-order valence-corrected chi connectivity index (χ0v) is 11.2. The maximum absolute atomic E-state index is 5.70. The lowest BCUT2D eigenvalue weighted by molar-refractivity contribution is -0.0117. The van der Waals surface area contributed by atoms with E-state index in [4.69, 9.17) is 4.74 Å². The molecule has 1 atom stereocenters. The van der Waals surface area contributed by atoms with Crippen LogP contribution in [0.3, 0.4) is 0 Å². The molecule has 18 heavy (non-hydrogen) atoms. The summed E-state index contributed by atoms with van der Waals surface area (Å²) in [4.78, 5) is 10.8. The van der Waals surface area contributed by atoms with Gasteiger partial charge in [0.1, 0.15) is 12.1 Å². The average molecular weight is 250 g/mol. The average Bonchev–Trinajstić information content (AvgIpc) is 2.37. The molecule has 1 aliphatic rings. The first-order chi connectivity index (χ1) is 8.78. The van der Waals surface area contributed by atoms with Gasteiger partial charge in [-0.15, -0.1) is 0 Å². The van der Waals surface area contributed by atoms with E-state index in [9.17, 15) is 0 Å². The van der Waals surface area contributed by atoms with E-state index >= 15 is 0 Å². The fourth-order valence-corrected chi connectivity index (χ4v) is 2.10. The molecular formula is C13H22N4O. The van der Waals surface area contributed by atoms with Gasteiger partial charge in [-0.05, 0) is 13.5 Å². The predicted octanol–water partition coefficient (Wildman–Crippen LogP) is 1.17. The van der Waals surface area contributed by atoms with Crippen molar-refractivity contribution in [2.45, 2.75) is 25.9 Å². The highest BCUT2D eigenvalue weighted by Gasteiger charge is 2.17. The van der Waals surface area contributed by atoms with Crippen molar-refractivity contribution in [3.8, 4) is 0 Å². The van der Waals surface area contributed by atoms with E-state index < -0.39 is 0 Å². The Hall–Kier alpha value is -1.20. The van der Waals surface area contributed by atoms with Crippen molar-refractivity contribution in [2.75, 3.05) is 38.6 Å². The lowest BCUT2D eigenvalue weighted by Gasteiger charge is -2.30. The van der Waals surface area contributed by atoms with Crippen LogP contribution in [0.1, 0.15) is 19.0 Å². The standard InChI is InChI=1S/C13H22N4O/c1-3-4-11-7-13(16-10-15-11)14-8-12-9-17(2)5-6-18-12/h7,10,12H,3-6,8-9H2,1-2H3,(H,14,15,16). The quantitative estimate of drug-likeness (QED) is 0.850. The van der Waals surface area contributed by atoms with Crippen molar-refractivity contribution in [1.82, 2.24) is 14.9 Å². The third-order valence-corrected chi connectivity index (χ3v) is 3.08. The van der Waals surface area contributed by atoms with Crippen LogP contribution in [0.2, 0.25) is 0 Å². The third-order valence-electron chi connectivity index (χ3n) is 3.08. The molecule has 100 valence electrons. The van der Waals surface area contributed by atoms with E-state index in [2.05, 4.69) is 34.2 Å². The lowest BCUT2D eigenvalue weighted by Crippen LogP contribution is -2.43. The smallest absolute Gasteiger partial charge is 0.129 e. The Morgan fingerprint density at radius 2 is 2.39 bits per heavy atom. The van der Waals surface area contributed by atoms with E-state index in [1.807, 2.05) is 6.07 Å². The van der Waals surface area contributed by atoms with Gasteiger partial charge >= 0.3 is 0 Å². The van der Waals surface area contributed by atoms with Gasteiger partial charge in [-0.3, -0.25) is 0 Å². The van der Waals surface area contributed by atoms with E-state index in [1.165, 1.54) is 0 Å². The molecule has 0 amide bonds. The van der Waals surface area contributed by atoms with Crippen molar-refractivity contribution in [1.29, 1.82) is 0 Å². The van der Waals surface area contributed by atoms with Crippen molar-refractivity contribution in [3.05, 3.63) is 18.1 Å². The molecule has 1 N–H and O–H groups in total.